The maximum atomic E-state index is 13.3. The second-order valence-corrected chi connectivity index (χ2v) is 9.27. The minimum Gasteiger partial charge on any atom is -0.324 e. The number of hydrogen-bond acceptors (Lipinski definition) is 4. The van der Waals surface area contributed by atoms with E-state index < -0.39 is 22.5 Å². The third-order valence-corrected chi connectivity index (χ3v) is 6.55. The number of ketones is 1. The highest BCUT2D eigenvalue weighted by Crippen LogP contribution is 2.26. The predicted molar refractivity (Wildman–Crippen MR) is 120 cm³/mol. The van der Waals surface area contributed by atoms with Crippen molar-refractivity contribution in [3.63, 3.8) is 0 Å². The van der Waals surface area contributed by atoms with Gasteiger partial charge in [-0.3, -0.25) is 13.9 Å². The van der Waals surface area contributed by atoms with Crippen molar-refractivity contribution < 1.29 is 18.0 Å². The summed E-state index contributed by atoms with van der Waals surface area (Å²) >= 11 is 3.34. The van der Waals surface area contributed by atoms with Crippen molar-refractivity contribution in [3.05, 3.63) is 88.9 Å². The number of sulfonamides is 1. The molecule has 0 aliphatic carbocycles. The molecular formula is C22H19BrN2O4S. The molecule has 3 rings (SSSR count). The number of rotatable bonds is 7. The Kier molecular flexibility index (Phi) is 6.69. The second kappa shape index (κ2) is 9.23. The molecule has 0 atom stereocenters. The quantitative estimate of drug-likeness (QED) is 0.498. The van der Waals surface area contributed by atoms with Crippen molar-refractivity contribution in [2.45, 2.75) is 11.8 Å². The molecule has 154 valence electrons. The topological polar surface area (TPSA) is 83.6 Å². The Morgan fingerprint density at radius 3 is 2.30 bits per heavy atom. The summed E-state index contributed by atoms with van der Waals surface area (Å²) in [6.07, 6.45) is 0. The predicted octanol–water partition coefficient (Wildman–Crippen LogP) is 4.49. The Morgan fingerprint density at radius 2 is 1.63 bits per heavy atom. The van der Waals surface area contributed by atoms with E-state index in [1.54, 1.807) is 66.7 Å². The van der Waals surface area contributed by atoms with Gasteiger partial charge in [-0.2, -0.15) is 0 Å². The summed E-state index contributed by atoms with van der Waals surface area (Å²) in [4.78, 5) is 24.4. The number of Topliss-reactive ketones (excluding diaryl/α,β-unsaturated/α-hetero) is 1. The van der Waals surface area contributed by atoms with Gasteiger partial charge in [-0.05, 0) is 49.4 Å². The Bertz CT molecular complexity index is 1180. The third-order valence-electron chi connectivity index (χ3n) is 4.27. The molecule has 0 fully saturated rings. The van der Waals surface area contributed by atoms with Crippen LogP contribution in [0.25, 0.3) is 0 Å². The molecule has 0 aromatic heterocycles. The fraction of sp³-hybridized carbons (Fsp3) is 0.0909. The van der Waals surface area contributed by atoms with E-state index in [0.717, 1.165) is 4.31 Å². The van der Waals surface area contributed by atoms with E-state index in [0.29, 0.717) is 21.4 Å². The maximum absolute atomic E-state index is 13.3. The monoisotopic (exact) mass is 486 g/mol. The molecule has 0 aliphatic rings. The van der Waals surface area contributed by atoms with E-state index in [2.05, 4.69) is 21.2 Å². The van der Waals surface area contributed by atoms with Crippen molar-refractivity contribution >= 4 is 49.0 Å². The van der Waals surface area contributed by atoms with Crippen LogP contribution in [-0.4, -0.2) is 26.7 Å². The lowest BCUT2D eigenvalue weighted by molar-refractivity contribution is -0.114. The molecule has 0 radical (unpaired) electrons. The molecule has 6 nitrogen and oxygen atoms in total. The van der Waals surface area contributed by atoms with Crippen LogP contribution in [0.3, 0.4) is 0 Å². The van der Waals surface area contributed by atoms with E-state index in [1.165, 1.54) is 19.1 Å². The van der Waals surface area contributed by atoms with E-state index >= 15 is 0 Å². The first-order chi connectivity index (χ1) is 14.3. The van der Waals surface area contributed by atoms with Gasteiger partial charge in [0.2, 0.25) is 5.91 Å². The standard InChI is InChI=1S/C22H19BrN2O4S/c1-16(26)17-7-5-9-19(13-17)24-22(27)15-25(20-10-6-8-18(23)14-20)30(28,29)21-11-3-2-4-12-21/h2-14H,15H2,1H3,(H,24,27). The van der Waals surface area contributed by atoms with Gasteiger partial charge in [-0.15, -0.1) is 0 Å². The lowest BCUT2D eigenvalue weighted by Gasteiger charge is -2.24. The van der Waals surface area contributed by atoms with Crippen molar-refractivity contribution in [2.75, 3.05) is 16.2 Å². The van der Waals surface area contributed by atoms with Gasteiger partial charge in [0.1, 0.15) is 6.54 Å². The zero-order valence-electron chi connectivity index (χ0n) is 16.1. The number of benzene rings is 3. The van der Waals surface area contributed by atoms with Gasteiger partial charge in [-0.1, -0.05) is 52.3 Å². The smallest absolute Gasteiger partial charge is 0.264 e. The number of anilines is 2. The van der Waals surface area contributed by atoms with Crippen LogP contribution < -0.4 is 9.62 Å². The number of hydrogen-bond donors (Lipinski definition) is 1. The van der Waals surface area contributed by atoms with Crippen LogP contribution >= 0.6 is 15.9 Å². The molecule has 1 amide bonds. The molecule has 0 saturated carbocycles. The van der Waals surface area contributed by atoms with Gasteiger partial charge in [-0.25, -0.2) is 8.42 Å². The van der Waals surface area contributed by atoms with Crippen molar-refractivity contribution in [1.82, 2.24) is 0 Å². The van der Waals surface area contributed by atoms with Gasteiger partial charge in [0.05, 0.1) is 10.6 Å². The highest BCUT2D eigenvalue weighted by molar-refractivity contribution is 9.10. The van der Waals surface area contributed by atoms with Crippen LogP contribution in [0.4, 0.5) is 11.4 Å². The van der Waals surface area contributed by atoms with Gasteiger partial charge < -0.3 is 5.32 Å². The minimum absolute atomic E-state index is 0.0800. The molecule has 0 unspecified atom stereocenters. The van der Waals surface area contributed by atoms with Crippen LogP contribution in [0.15, 0.2) is 88.2 Å². The number of carbonyl (C=O) groups is 2. The van der Waals surface area contributed by atoms with Gasteiger partial charge in [0.15, 0.2) is 5.78 Å². The number of halogens is 1. The summed E-state index contributed by atoms with van der Waals surface area (Å²) in [6, 6.07) is 21.1. The molecule has 1 N–H and O–H groups in total. The number of nitrogens with one attached hydrogen (secondary N) is 1. The first kappa shape index (κ1) is 21.7. The molecule has 0 heterocycles. The second-order valence-electron chi connectivity index (χ2n) is 6.49. The number of carbonyl (C=O) groups excluding carboxylic acids is 2. The Morgan fingerprint density at radius 1 is 0.933 bits per heavy atom. The average molecular weight is 487 g/mol. The highest BCUT2D eigenvalue weighted by atomic mass is 79.9. The average Bonchev–Trinajstić information content (AvgIpc) is 2.72. The lowest BCUT2D eigenvalue weighted by Crippen LogP contribution is -2.38. The zero-order chi connectivity index (χ0) is 21.7. The molecule has 30 heavy (non-hydrogen) atoms. The van der Waals surface area contributed by atoms with Crippen LogP contribution in [0.1, 0.15) is 17.3 Å². The van der Waals surface area contributed by atoms with E-state index in [4.69, 9.17) is 0 Å². The summed E-state index contributed by atoms with van der Waals surface area (Å²) in [5, 5.41) is 2.67. The van der Waals surface area contributed by atoms with Gasteiger partial charge >= 0.3 is 0 Å². The first-order valence-electron chi connectivity index (χ1n) is 9.01. The zero-order valence-corrected chi connectivity index (χ0v) is 18.5. The summed E-state index contributed by atoms with van der Waals surface area (Å²) in [5.41, 5.74) is 1.22. The number of amides is 1. The normalized spacial score (nSPS) is 11.0. The van der Waals surface area contributed by atoms with E-state index in [9.17, 15) is 18.0 Å². The summed E-state index contributed by atoms with van der Waals surface area (Å²) in [5.74, 6) is -0.663. The van der Waals surface area contributed by atoms with E-state index in [-0.39, 0.29) is 10.7 Å². The Balaban J connectivity index is 1.92. The molecule has 0 bridgehead atoms. The van der Waals surface area contributed by atoms with Crippen LogP contribution in [0, 0.1) is 0 Å². The molecule has 3 aromatic carbocycles. The molecular weight excluding hydrogens is 468 g/mol. The molecule has 0 aliphatic heterocycles. The molecule has 0 spiro atoms. The van der Waals surface area contributed by atoms with Crippen molar-refractivity contribution in [2.24, 2.45) is 0 Å². The first-order valence-corrected chi connectivity index (χ1v) is 11.2. The number of nitrogens with zero attached hydrogens (tertiary/aromatic N) is 1. The van der Waals surface area contributed by atoms with Gasteiger partial charge in [0, 0.05) is 15.7 Å². The fourth-order valence-electron chi connectivity index (χ4n) is 2.81. The third kappa shape index (κ3) is 5.14. The van der Waals surface area contributed by atoms with Crippen LogP contribution in [0.5, 0.6) is 0 Å². The SMILES string of the molecule is CC(=O)c1cccc(NC(=O)CN(c2cccc(Br)c2)S(=O)(=O)c2ccccc2)c1. The maximum Gasteiger partial charge on any atom is 0.264 e. The van der Waals surface area contributed by atoms with Gasteiger partial charge in [0.25, 0.3) is 10.0 Å². The van der Waals surface area contributed by atoms with E-state index in [1.807, 2.05) is 0 Å². The molecule has 8 heteroatoms. The largest absolute Gasteiger partial charge is 0.324 e. The Labute approximate surface area is 183 Å². The van der Waals surface area contributed by atoms with Crippen LogP contribution in [0.2, 0.25) is 0 Å². The molecule has 3 aromatic rings. The highest BCUT2D eigenvalue weighted by Gasteiger charge is 2.27. The van der Waals surface area contributed by atoms with Crippen LogP contribution in [-0.2, 0) is 14.8 Å². The summed E-state index contributed by atoms with van der Waals surface area (Å²) < 4.78 is 28.3. The lowest BCUT2D eigenvalue weighted by atomic mass is 10.1. The van der Waals surface area contributed by atoms with Crippen molar-refractivity contribution in [1.29, 1.82) is 0 Å². The minimum atomic E-state index is -3.98. The fourth-order valence-corrected chi connectivity index (χ4v) is 4.63. The van der Waals surface area contributed by atoms with Crippen molar-refractivity contribution in [3.8, 4) is 0 Å². The summed E-state index contributed by atoms with van der Waals surface area (Å²) in [7, 11) is -3.98. The molecule has 0 saturated heterocycles. The summed E-state index contributed by atoms with van der Waals surface area (Å²) in [6.45, 7) is 1.00. The Hall–Kier alpha value is -2.97.